The van der Waals surface area contributed by atoms with E-state index in [-0.39, 0.29) is 17.7 Å². The van der Waals surface area contributed by atoms with Crippen molar-refractivity contribution < 1.29 is 9.59 Å². The Labute approximate surface area is 245 Å². The van der Waals surface area contributed by atoms with Crippen LogP contribution >= 0.6 is 0 Å². The lowest BCUT2D eigenvalue weighted by Gasteiger charge is -2.31. The molecule has 4 atom stereocenters. The highest BCUT2D eigenvalue weighted by atomic mass is 16.2. The molecule has 5 rings (SSSR count). The first-order valence-corrected chi connectivity index (χ1v) is 15.4. The zero-order valence-corrected chi connectivity index (χ0v) is 25.1. The monoisotopic (exact) mass is 554 g/mol. The Morgan fingerprint density at radius 3 is 1.80 bits per heavy atom. The van der Waals surface area contributed by atoms with Crippen LogP contribution in [-0.4, -0.2) is 37.0 Å². The highest BCUT2D eigenvalue weighted by molar-refractivity contribution is 5.97. The third-order valence-electron chi connectivity index (χ3n) is 8.75. The second kappa shape index (κ2) is 13.0. The van der Waals surface area contributed by atoms with Crippen LogP contribution in [0.5, 0.6) is 0 Å². The topological polar surface area (TPSA) is 82.3 Å². The molecule has 3 aliphatic heterocycles. The second-order valence-electron chi connectivity index (χ2n) is 12.6. The third kappa shape index (κ3) is 7.22. The zero-order valence-electron chi connectivity index (χ0n) is 25.1. The molecule has 2 aromatic carbocycles. The molecule has 0 radical (unpaired) electrons. The van der Waals surface area contributed by atoms with Crippen LogP contribution in [0, 0.1) is 0 Å². The van der Waals surface area contributed by atoms with E-state index in [1.807, 2.05) is 0 Å². The Bertz CT molecular complexity index is 1340. The normalized spacial score (nSPS) is 22.5. The first-order valence-electron chi connectivity index (χ1n) is 15.4. The SMILES string of the molecule is CC(C)=CCCc1ccc2c(c1)NCC2CCC1NC(=O)C(CC2CNc3cc(CCC=C(C)C)ccc32)NC1=O. The third-order valence-corrected chi connectivity index (χ3v) is 8.75. The summed E-state index contributed by atoms with van der Waals surface area (Å²) in [6.45, 7) is 10.2. The minimum Gasteiger partial charge on any atom is -0.384 e. The number of amides is 2. The molecule has 1 saturated heterocycles. The number of rotatable bonds is 11. The lowest BCUT2D eigenvalue weighted by Crippen LogP contribution is -2.61. The number of nitrogens with one attached hydrogen (secondary N) is 4. The average Bonchev–Trinajstić information content (AvgIpc) is 3.52. The number of aryl methyl sites for hydroxylation is 2. The molecule has 41 heavy (non-hydrogen) atoms. The van der Waals surface area contributed by atoms with Gasteiger partial charge in [-0.3, -0.25) is 9.59 Å². The Morgan fingerprint density at radius 2 is 1.22 bits per heavy atom. The van der Waals surface area contributed by atoms with Crippen molar-refractivity contribution in [3.05, 3.63) is 82.0 Å². The molecule has 0 aromatic heterocycles. The minimum absolute atomic E-state index is 0.0591. The van der Waals surface area contributed by atoms with E-state index in [0.29, 0.717) is 18.8 Å². The molecule has 1 fully saturated rings. The molecule has 0 saturated carbocycles. The predicted molar refractivity (Wildman–Crippen MR) is 169 cm³/mol. The fourth-order valence-corrected chi connectivity index (χ4v) is 6.44. The summed E-state index contributed by atoms with van der Waals surface area (Å²) in [4.78, 5) is 26.1. The highest BCUT2D eigenvalue weighted by Gasteiger charge is 2.37. The Hall–Kier alpha value is -3.54. The van der Waals surface area contributed by atoms with Gasteiger partial charge in [-0.15, -0.1) is 0 Å². The van der Waals surface area contributed by atoms with Crippen LogP contribution in [0.1, 0.15) is 93.9 Å². The summed E-state index contributed by atoms with van der Waals surface area (Å²) in [7, 11) is 0. The van der Waals surface area contributed by atoms with E-state index in [1.54, 1.807) is 0 Å². The number of carbonyl (C=O) groups excluding carboxylic acids is 2. The maximum atomic E-state index is 13.1. The van der Waals surface area contributed by atoms with Crippen molar-refractivity contribution in [2.75, 3.05) is 23.7 Å². The number of benzene rings is 2. The van der Waals surface area contributed by atoms with Gasteiger partial charge in [-0.25, -0.2) is 0 Å². The summed E-state index contributed by atoms with van der Waals surface area (Å²) >= 11 is 0. The molecule has 6 nitrogen and oxygen atoms in total. The summed E-state index contributed by atoms with van der Waals surface area (Å²) in [6, 6.07) is 12.4. The molecule has 4 N–H and O–H groups in total. The molecule has 0 bridgehead atoms. The quantitative estimate of drug-likeness (QED) is 0.244. The van der Waals surface area contributed by atoms with Crippen molar-refractivity contribution in [3.63, 3.8) is 0 Å². The second-order valence-corrected chi connectivity index (χ2v) is 12.6. The number of piperazine rings is 1. The van der Waals surface area contributed by atoms with Crippen LogP contribution in [0.2, 0.25) is 0 Å². The molecule has 2 aromatic rings. The number of anilines is 2. The molecular formula is C35H46N4O2. The van der Waals surface area contributed by atoms with E-state index in [0.717, 1.165) is 50.9 Å². The number of hydrogen-bond acceptors (Lipinski definition) is 4. The van der Waals surface area contributed by atoms with Gasteiger partial charge in [0, 0.05) is 36.3 Å². The van der Waals surface area contributed by atoms with Crippen molar-refractivity contribution in [3.8, 4) is 0 Å². The lowest BCUT2D eigenvalue weighted by atomic mass is 9.90. The smallest absolute Gasteiger partial charge is 0.243 e. The largest absolute Gasteiger partial charge is 0.384 e. The Morgan fingerprint density at radius 1 is 0.707 bits per heavy atom. The van der Waals surface area contributed by atoms with Crippen LogP contribution in [0.25, 0.3) is 0 Å². The van der Waals surface area contributed by atoms with Crippen LogP contribution in [0.15, 0.2) is 59.7 Å². The number of fused-ring (bicyclic) bond motifs is 2. The molecule has 218 valence electrons. The van der Waals surface area contributed by atoms with Crippen molar-refractivity contribution in [1.29, 1.82) is 0 Å². The van der Waals surface area contributed by atoms with E-state index in [2.05, 4.69) is 97.5 Å². The van der Waals surface area contributed by atoms with Gasteiger partial charge in [0.1, 0.15) is 12.1 Å². The van der Waals surface area contributed by atoms with E-state index in [9.17, 15) is 9.59 Å². The van der Waals surface area contributed by atoms with Crippen molar-refractivity contribution in [2.24, 2.45) is 0 Å². The van der Waals surface area contributed by atoms with Gasteiger partial charge in [-0.05, 0) is 107 Å². The van der Waals surface area contributed by atoms with Crippen molar-refractivity contribution in [1.82, 2.24) is 10.6 Å². The van der Waals surface area contributed by atoms with Gasteiger partial charge in [0.15, 0.2) is 0 Å². The van der Waals surface area contributed by atoms with Crippen LogP contribution in [0.3, 0.4) is 0 Å². The van der Waals surface area contributed by atoms with Crippen LogP contribution in [-0.2, 0) is 22.4 Å². The molecular weight excluding hydrogens is 508 g/mol. The summed E-state index contributed by atoms with van der Waals surface area (Å²) < 4.78 is 0. The van der Waals surface area contributed by atoms with E-state index in [4.69, 9.17) is 0 Å². The maximum absolute atomic E-state index is 13.1. The van der Waals surface area contributed by atoms with Crippen LogP contribution < -0.4 is 21.3 Å². The van der Waals surface area contributed by atoms with Gasteiger partial charge in [0.25, 0.3) is 0 Å². The van der Waals surface area contributed by atoms with Gasteiger partial charge in [-0.2, -0.15) is 0 Å². The maximum Gasteiger partial charge on any atom is 0.243 e. The van der Waals surface area contributed by atoms with E-state index < -0.39 is 12.1 Å². The zero-order chi connectivity index (χ0) is 28.9. The molecule has 0 aliphatic carbocycles. The molecule has 4 unspecified atom stereocenters. The van der Waals surface area contributed by atoms with Crippen molar-refractivity contribution >= 4 is 23.2 Å². The van der Waals surface area contributed by atoms with Crippen LogP contribution in [0.4, 0.5) is 11.4 Å². The molecule has 2 amide bonds. The fourth-order valence-electron chi connectivity index (χ4n) is 6.44. The summed E-state index contributed by atoms with van der Waals surface area (Å²) in [5, 5.41) is 13.2. The number of carbonyl (C=O) groups is 2. The first-order chi connectivity index (χ1) is 19.8. The summed E-state index contributed by atoms with van der Waals surface area (Å²) in [5.74, 6) is 0.438. The molecule has 6 heteroatoms. The van der Waals surface area contributed by atoms with E-state index in [1.165, 1.54) is 39.1 Å². The lowest BCUT2D eigenvalue weighted by molar-refractivity contribution is -0.137. The number of allylic oxidation sites excluding steroid dienone is 4. The molecule has 3 aliphatic rings. The molecule has 0 spiro atoms. The first kappa shape index (κ1) is 29.0. The fraction of sp³-hybridized carbons (Fsp3) is 0.486. The average molecular weight is 555 g/mol. The number of hydrogen-bond donors (Lipinski definition) is 4. The van der Waals surface area contributed by atoms with Gasteiger partial charge in [-0.1, -0.05) is 47.6 Å². The Kier molecular flexibility index (Phi) is 9.16. The summed E-state index contributed by atoms with van der Waals surface area (Å²) in [6.07, 6.45) is 10.8. The standard InChI is InChI=1S/C35H46N4O2/c1-22(2)7-5-9-24-11-14-28-26(20-36-31(28)17-24)13-16-30-34(40)39-33(35(41)38-30)19-27-21-37-32-18-25(12-15-29(27)32)10-6-8-23(3)4/h7-8,11-12,14-15,17-18,26-27,30,33,36-37H,5-6,9-10,13,16,19-21H2,1-4H3,(H,38,41)(H,39,40). The van der Waals surface area contributed by atoms with Crippen molar-refractivity contribution in [2.45, 2.75) is 96.6 Å². The van der Waals surface area contributed by atoms with Gasteiger partial charge < -0.3 is 21.3 Å². The van der Waals surface area contributed by atoms with Gasteiger partial charge in [0.2, 0.25) is 11.8 Å². The minimum atomic E-state index is -0.493. The highest BCUT2D eigenvalue weighted by Crippen LogP contribution is 2.37. The van der Waals surface area contributed by atoms with Gasteiger partial charge in [0.05, 0.1) is 0 Å². The van der Waals surface area contributed by atoms with Gasteiger partial charge >= 0.3 is 0 Å². The Balaban J connectivity index is 1.11. The predicted octanol–water partition coefficient (Wildman–Crippen LogP) is 6.36. The van der Waals surface area contributed by atoms with E-state index >= 15 is 0 Å². The molecule has 3 heterocycles. The summed E-state index contributed by atoms with van der Waals surface area (Å²) in [5.41, 5.74) is 10.3.